The minimum atomic E-state index is -6.09. The van der Waals surface area contributed by atoms with Gasteiger partial charge >= 0.3 is 25.9 Å². The summed E-state index contributed by atoms with van der Waals surface area (Å²) in [7, 11) is -7.21. The summed E-state index contributed by atoms with van der Waals surface area (Å²) in [5.41, 5.74) is 1.39. The molecule has 0 amide bonds. The Hall–Kier alpha value is -5.72. The number of alkyl halides is 3. The molecule has 8 aromatic carbocycles. The van der Waals surface area contributed by atoms with Gasteiger partial charge in [0.25, 0.3) is 0 Å². The molecule has 0 aromatic heterocycles. The number of hydrogen-bond acceptors (Lipinski definition) is 6. The third-order valence-corrected chi connectivity index (χ3v) is 16.5. The van der Waals surface area contributed by atoms with E-state index < -0.39 is 30.8 Å². The Morgan fingerprint density at radius 3 is 1.21 bits per heavy atom. The topological polar surface area (TPSA) is 116 Å². The van der Waals surface area contributed by atoms with E-state index in [0.717, 1.165) is 27.2 Å². The smallest absolute Gasteiger partial charge is 0.870 e. The summed E-state index contributed by atoms with van der Waals surface area (Å²) in [6.45, 7) is 0.584. The van der Waals surface area contributed by atoms with E-state index in [4.69, 9.17) is 23.4 Å². The van der Waals surface area contributed by atoms with Crippen LogP contribution in [-0.2, 0) is 37.1 Å². The molecule has 0 saturated heterocycles. The van der Waals surface area contributed by atoms with Gasteiger partial charge in [0.2, 0.25) is 0 Å². The summed E-state index contributed by atoms with van der Waals surface area (Å²) < 4.78 is 64.1. The van der Waals surface area contributed by atoms with Gasteiger partial charge < -0.3 is 20.1 Å². The zero-order chi connectivity index (χ0) is 46.5. The predicted octanol–water partition coefficient (Wildman–Crippen LogP) is 8.79. The fourth-order valence-corrected chi connectivity index (χ4v) is 12.5. The second-order valence-corrected chi connectivity index (χ2v) is 20.6. The summed E-state index contributed by atoms with van der Waals surface area (Å²) in [6.07, 6.45) is 0. The van der Waals surface area contributed by atoms with Gasteiger partial charge in [0, 0.05) is 0 Å². The van der Waals surface area contributed by atoms with E-state index in [1.165, 1.54) is 15.9 Å². The summed E-state index contributed by atoms with van der Waals surface area (Å²) in [6, 6.07) is 81.4. The van der Waals surface area contributed by atoms with Gasteiger partial charge in [-0.2, -0.15) is 43.5 Å². The monoisotopic (exact) mass is 1030 g/mol. The Bertz CT molecular complexity index is 2540. The maximum Gasteiger partial charge on any atom is 2.00 e. The molecule has 8 aromatic rings. The van der Waals surface area contributed by atoms with E-state index >= 15 is 0 Å². The summed E-state index contributed by atoms with van der Waals surface area (Å²) in [4.78, 5) is 0. The van der Waals surface area contributed by atoms with E-state index in [9.17, 15) is 18.3 Å². The van der Waals surface area contributed by atoms with Crippen LogP contribution in [0.5, 0.6) is 5.75 Å². The number of methoxy groups -OCH3 is 1. The van der Waals surface area contributed by atoms with Crippen molar-refractivity contribution in [3.05, 3.63) is 254 Å². The molecule has 0 aliphatic rings. The average molecular weight is 1030 g/mol. The first-order chi connectivity index (χ1) is 31.4. The molecule has 0 unspecified atom stereocenters. The zero-order valence-electron chi connectivity index (χ0n) is 35.6. The Balaban J connectivity index is 0.000000224. The standard InChI is InChI=1S/C27H23O2P.C18H15P.C7H8N.CHF3O3S.Pd/c1-29-23-19-17-22(18-20-23)27(28)21-30(24-11-5-2-6-12-24,25-13-7-3-8-14-25)26-15-9-4-10-16-26;1-4-10-16(11-5-1)19(17-12-6-2-7-13-17)18-14-8-3-9-15-18;8-6-7-4-2-1-3-5-7;2-1(3,4)8(5,6)7;/h2-21H,1H3;1-15H;1-4H,6,8H2;(H,5,6,7);/q;;-1;;+2/p-1/b27-21-;;;;. The maximum absolute atomic E-state index is 13.5. The maximum atomic E-state index is 13.5. The Morgan fingerprint density at radius 2 is 0.939 bits per heavy atom. The van der Waals surface area contributed by atoms with Crippen molar-refractivity contribution in [2.75, 3.05) is 7.11 Å². The van der Waals surface area contributed by atoms with Crippen molar-refractivity contribution >= 4 is 62.9 Å². The van der Waals surface area contributed by atoms with Crippen LogP contribution >= 0.6 is 15.2 Å². The summed E-state index contributed by atoms with van der Waals surface area (Å²) in [5, 5.41) is 21.2. The number of rotatable bonds is 10. The van der Waals surface area contributed by atoms with Gasteiger partial charge in [-0.3, -0.25) is 0 Å². The van der Waals surface area contributed by atoms with Gasteiger partial charge in [-0.15, -0.1) is 5.56 Å². The first kappa shape index (κ1) is 52.9. The van der Waals surface area contributed by atoms with Crippen LogP contribution in [0, 0.1) is 6.07 Å². The molecule has 6 nitrogen and oxygen atoms in total. The third-order valence-electron chi connectivity index (χ3n) is 9.50. The van der Waals surface area contributed by atoms with E-state index in [-0.39, 0.29) is 26.2 Å². The van der Waals surface area contributed by atoms with Crippen LogP contribution < -0.4 is 47.4 Å². The van der Waals surface area contributed by atoms with Gasteiger partial charge in [0.05, 0.1) is 12.9 Å². The molecule has 8 rings (SSSR count). The van der Waals surface area contributed by atoms with Crippen LogP contribution in [-0.4, -0.2) is 25.6 Å². The fourth-order valence-electron chi connectivity index (χ4n) is 6.40. The molecule has 340 valence electrons. The fraction of sp³-hybridized carbons (Fsp3) is 0.0566. The molecule has 13 heteroatoms. The summed E-state index contributed by atoms with van der Waals surface area (Å²) in [5.74, 6) is 2.71. The van der Waals surface area contributed by atoms with E-state index in [1.54, 1.807) is 7.11 Å². The second-order valence-electron chi connectivity index (χ2n) is 13.8. The number of nitrogens with two attached hydrogens (primary N) is 1. The number of hydrogen-bond donors (Lipinski definition) is 1. The average Bonchev–Trinajstić information content (AvgIpc) is 3.35. The van der Waals surface area contributed by atoms with Crippen LogP contribution in [0.1, 0.15) is 11.1 Å². The second kappa shape index (κ2) is 26.4. The van der Waals surface area contributed by atoms with Crippen LogP contribution in [0.3, 0.4) is 0 Å². The molecule has 0 aliphatic carbocycles. The van der Waals surface area contributed by atoms with Crippen molar-refractivity contribution in [3.63, 3.8) is 0 Å². The SMILES string of the molecule is COc1ccc(/C([O-])=C/[P+](c2ccccc2)(c2ccccc2)c2ccccc2)cc1.NCc1[c-]cccc1.O=S(=O)([O-])C(F)(F)F.[Pd+2].c1ccc(P(c2ccccc2)c2ccccc2)cc1. The van der Waals surface area contributed by atoms with Gasteiger partial charge in [0.1, 0.15) is 28.9 Å². The first-order valence-corrected chi connectivity index (χ1v) is 24.7. The minimum absolute atomic E-state index is 0. The molecule has 0 saturated carbocycles. The van der Waals surface area contributed by atoms with E-state index in [0.29, 0.717) is 12.1 Å². The molecule has 0 spiro atoms. The molecule has 0 radical (unpaired) electrons. The Morgan fingerprint density at radius 1 is 0.606 bits per heavy atom. The molecule has 0 aliphatic heterocycles. The number of benzene rings is 8. The van der Waals surface area contributed by atoms with E-state index in [2.05, 4.69) is 133 Å². The van der Waals surface area contributed by atoms with Gasteiger partial charge in [-0.05, 0) is 84.5 Å². The van der Waals surface area contributed by atoms with Crippen molar-refractivity contribution in [2.45, 2.75) is 12.1 Å². The van der Waals surface area contributed by atoms with Crippen molar-refractivity contribution in [3.8, 4) is 5.75 Å². The Kier molecular flexibility index (Phi) is 21.2. The number of halogens is 3. The quantitative estimate of drug-likeness (QED) is 0.0366. The van der Waals surface area contributed by atoms with E-state index in [1.807, 2.05) is 109 Å². The third kappa shape index (κ3) is 15.2. The van der Waals surface area contributed by atoms with Gasteiger partial charge in [0.15, 0.2) is 10.1 Å². The molecule has 0 fully saturated rings. The molecule has 66 heavy (non-hydrogen) atoms. The van der Waals surface area contributed by atoms with Crippen LogP contribution in [0.15, 0.2) is 236 Å². The number of ether oxygens (including phenoxy) is 1. The first-order valence-electron chi connectivity index (χ1n) is 20.1. The molecule has 0 bridgehead atoms. The van der Waals surface area contributed by atoms with Crippen molar-refractivity contribution in [2.24, 2.45) is 5.73 Å². The van der Waals surface area contributed by atoms with Crippen LogP contribution in [0.25, 0.3) is 5.76 Å². The largest absolute Gasteiger partial charge is 2.00 e. The summed E-state index contributed by atoms with van der Waals surface area (Å²) >= 11 is 0. The minimum Gasteiger partial charge on any atom is -0.870 e. The molecular weight excluding hydrogens is 988 g/mol. The van der Waals surface area contributed by atoms with Crippen LogP contribution in [0.2, 0.25) is 0 Å². The zero-order valence-corrected chi connectivity index (χ0v) is 39.8. The Labute approximate surface area is 401 Å². The normalized spacial score (nSPS) is 11.2. The molecule has 0 atom stereocenters. The molecule has 0 heterocycles. The molecule has 2 N–H and O–H groups in total. The molecular formula is C53H46F3NO5P2PdS. The van der Waals surface area contributed by atoms with Crippen LogP contribution in [0.4, 0.5) is 13.2 Å². The predicted molar refractivity (Wildman–Crippen MR) is 260 cm³/mol. The van der Waals surface area contributed by atoms with Crippen molar-refractivity contribution < 1.29 is 56.4 Å². The van der Waals surface area contributed by atoms with Gasteiger partial charge in [-0.25, -0.2) is 8.42 Å². The van der Waals surface area contributed by atoms with Crippen molar-refractivity contribution in [1.82, 2.24) is 0 Å². The van der Waals surface area contributed by atoms with Crippen molar-refractivity contribution in [1.29, 1.82) is 0 Å². The van der Waals surface area contributed by atoms with Gasteiger partial charge in [-0.1, -0.05) is 163 Å².